The number of nitrogens with zero attached hydrogens (tertiary/aromatic N) is 4. The van der Waals surface area contributed by atoms with Crippen molar-refractivity contribution in [1.82, 2.24) is 20.0 Å². The van der Waals surface area contributed by atoms with E-state index in [9.17, 15) is 13.6 Å². The summed E-state index contributed by atoms with van der Waals surface area (Å²) in [6.45, 7) is 4.84. The number of amides is 1. The molecule has 0 N–H and O–H groups in total. The van der Waals surface area contributed by atoms with E-state index in [0.29, 0.717) is 31.6 Å². The third-order valence-electron chi connectivity index (χ3n) is 5.12. The second-order valence-corrected chi connectivity index (χ2v) is 6.40. The Kier molecular flexibility index (Phi) is 4.31. The molecule has 1 amide bonds. The molecule has 2 aliphatic heterocycles. The number of carbonyl (C=O) groups excluding carboxylic acids is 1. The number of aryl methyl sites for hydroxylation is 1. The van der Waals surface area contributed by atoms with Crippen molar-refractivity contribution in [2.75, 3.05) is 13.1 Å². The number of hydrazine groups is 1. The maximum absolute atomic E-state index is 13.8. The van der Waals surface area contributed by atoms with Gasteiger partial charge in [0, 0.05) is 19.3 Å². The Morgan fingerprint density at radius 2 is 2.13 bits per heavy atom. The molecule has 7 heteroatoms. The standard InChI is InChI=1S/C16H22F2N4O/c1-3-16(14(17)18)6-4-7-21-8-5-13(22(21)15(16)23)12-10-19-11(2)9-20-12/h9-10,13-14H,3-8H2,1-2H3/t13-,16?/m1/s1. The SMILES string of the molecule is CCC1(C(F)F)CCCN2CC[C@H](c3cnc(C)cn3)N2C1=O. The van der Waals surface area contributed by atoms with Crippen LogP contribution in [0.25, 0.3) is 0 Å². The highest BCUT2D eigenvalue weighted by molar-refractivity contribution is 5.83. The van der Waals surface area contributed by atoms with Crippen molar-refractivity contribution >= 4 is 5.91 Å². The van der Waals surface area contributed by atoms with E-state index in [1.165, 1.54) is 0 Å². The summed E-state index contributed by atoms with van der Waals surface area (Å²) >= 11 is 0. The van der Waals surface area contributed by atoms with E-state index >= 15 is 0 Å². The summed E-state index contributed by atoms with van der Waals surface area (Å²) in [4.78, 5) is 21.6. The van der Waals surface area contributed by atoms with Gasteiger partial charge in [0.2, 0.25) is 5.91 Å². The molecule has 1 aromatic rings. The zero-order chi connectivity index (χ0) is 16.6. The molecule has 23 heavy (non-hydrogen) atoms. The van der Waals surface area contributed by atoms with Gasteiger partial charge in [0.1, 0.15) is 5.41 Å². The molecule has 0 radical (unpaired) electrons. The fourth-order valence-electron chi connectivity index (χ4n) is 3.63. The van der Waals surface area contributed by atoms with Gasteiger partial charge in [-0.1, -0.05) is 6.92 Å². The van der Waals surface area contributed by atoms with Gasteiger partial charge in [-0.15, -0.1) is 0 Å². The average Bonchev–Trinajstić information content (AvgIpc) is 2.89. The summed E-state index contributed by atoms with van der Waals surface area (Å²) in [5.41, 5.74) is -0.107. The van der Waals surface area contributed by atoms with Crippen LogP contribution in [0.5, 0.6) is 0 Å². The van der Waals surface area contributed by atoms with Gasteiger partial charge in [-0.2, -0.15) is 0 Å². The van der Waals surface area contributed by atoms with Crippen LogP contribution in [0.2, 0.25) is 0 Å². The summed E-state index contributed by atoms with van der Waals surface area (Å²) in [6, 6.07) is -0.293. The van der Waals surface area contributed by atoms with Crippen LogP contribution in [0.4, 0.5) is 8.78 Å². The summed E-state index contributed by atoms with van der Waals surface area (Å²) in [5, 5.41) is 3.45. The highest BCUT2D eigenvalue weighted by Gasteiger charge is 2.53. The molecule has 3 rings (SSSR count). The van der Waals surface area contributed by atoms with E-state index < -0.39 is 17.7 Å². The van der Waals surface area contributed by atoms with Crippen molar-refractivity contribution < 1.29 is 13.6 Å². The van der Waals surface area contributed by atoms with Crippen LogP contribution in [0, 0.1) is 12.3 Å². The summed E-state index contributed by atoms with van der Waals surface area (Å²) < 4.78 is 27.5. The van der Waals surface area contributed by atoms with Gasteiger partial charge in [-0.3, -0.25) is 19.8 Å². The first kappa shape index (κ1) is 16.2. The lowest BCUT2D eigenvalue weighted by atomic mass is 9.79. The minimum atomic E-state index is -2.65. The number of aromatic nitrogens is 2. The molecule has 1 unspecified atom stereocenters. The van der Waals surface area contributed by atoms with Crippen molar-refractivity contribution in [2.45, 2.75) is 52.0 Å². The molecule has 0 aromatic carbocycles. The number of fused-ring (bicyclic) bond motifs is 1. The first-order valence-electron chi connectivity index (χ1n) is 8.15. The lowest BCUT2D eigenvalue weighted by Gasteiger charge is -2.37. The fourth-order valence-corrected chi connectivity index (χ4v) is 3.63. The van der Waals surface area contributed by atoms with E-state index in [-0.39, 0.29) is 18.9 Å². The van der Waals surface area contributed by atoms with Gasteiger partial charge in [0.15, 0.2) is 0 Å². The van der Waals surface area contributed by atoms with E-state index in [2.05, 4.69) is 9.97 Å². The van der Waals surface area contributed by atoms with Crippen molar-refractivity contribution in [3.05, 3.63) is 23.8 Å². The number of hydrogen-bond acceptors (Lipinski definition) is 4. The number of hydrogen-bond donors (Lipinski definition) is 0. The monoisotopic (exact) mass is 324 g/mol. The molecule has 2 saturated heterocycles. The number of alkyl halides is 2. The molecule has 0 bridgehead atoms. The minimum absolute atomic E-state index is 0.153. The fraction of sp³-hybridized carbons (Fsp3) is 0.688. The largest absolute Gasteiger partial charge is 0.273 e. The van der Waals surface area contributed by atoms with Gasteiger partial charge in [-0.25, -0.2) is 13.8 Å². The summed E-state index contributed by atoms with van der Waals surface area (Å²) in [7, 11) is 0. The summed E-state index contributed by atoms with van der Waals surface area (Å²) in [5.74, 6) is -0.461. The molecule has 0 aliphatic carbocycles. The van der Waals surface area contributed by atoms with Gasteiger partial charge >= 0.3 is 0 Å². The second kappa shape index (κ2) is 6.11. The third kappa shape index (κ3) is 2.60. The molecule has 2 aliphatic rings. The predicted molar refractivity (Wildman–Crippen MR) is 80.5 cm³/mol. The molecule has 0 saturated carbocycles. The van der Waals surface area contributed by atoms with E-state index in [1.807, 2.05) is 11.9 Å². The zero-order valence-electron chi connectivity index (χ0n) is 13.5. The Morgan fingerprint density at radius 1 is 1.35 bits per heavy atom. The van der Waals surface area contributed by atoms with E-state index in [0.717, 1.165) is 5.69 Å². The van der Waals surface area contributed by atoms with Crippen molar-refractivity contribution in [1.29, 1.82) is 0 Å². The normalized spacial score (nSPS) is 29.0. The third-order valence-corrected chi connectivity index (χ3v) is 5.12. The Bertz CT molecular complexity index is 580. The second-order valence-electron chi connectivity index (χ2n) is 6.40. The predicted octanol–water partition coefficient (Wildman–Crippen LogP) is 2.73. The van der Waals surface area contributed by atoms with Crippen LogP contribution >= 0.6 is 0 Å². The highest BCUT2D eigenvalue weighted by Crippen LogP contribution is 2.44. The lowest BCUT2D eigenvalue weighted by molar-refractivity contribution is -0.166. The van der Waals surface area contributed by atoms with Crippen LogP contribution in [0.15, 0.2) is 12.4 Å². The Labute approximate surface area is 134 Å². The maximum Gasteiger partial charge on any atom is 0.252 e. The van der Waals surface area contributed by atoms with Crippen LogP contribution in [-0.4, -0.2) is 45.4 Å². The average molecular weight is 324 g/mol. The Morgan fingerprint density at radius 3 is 2.74 bits per heavy atom. The summed E-state index contributed by atoms with van der Waals surface area (Å²) in [6.07, 6.45) is 2.35. The smallest absolute Gasteiger partial charge is 0.252 e. The maximum atomic E-state index is 13.8. The minimum Gasteiger partial charge on any atom is -0.273 e. The molecule has 126 valence electrons. The van der Waals surface area contributed by atoms with Crippen molar-refractivity contribution in [2.24, 2.45) is 5.41 Å². The quantitative estimate of drug-likeness (QED) is 0.858. The van der Waals surface area contributed by atoms with E-state index in [4.69, 9.17) is 0 Å². The van der Waals surface area contributed by atoms with Gasteiger partial charge < -0.3 is 0 Å². The number of rotatable bonds is 3. The van der Waals surface area contributed by atoms with Crippen LogP contribution < -0.4 is 0 Å². The zero-order valence-corrected chi connectivity index (χ0v) is 13.5. The molecular formula is C16H22F2N4O. The number of carbonyl (C=O) groups is 1. The van der Waals surface area contributed by atoms with Gasteiger partial charge in [0.25, 0.3) is 6.43 Å². The molecule has 0 spiro atoms. The Hall–Kier alpha value is -1.63. The molecule has 5 nitrogen and oxygen atoms in total. The molecule has 1 aromatic heterocycles. The van der Waals surface area contributed by atoms with Crippen molar-refractivity contribution in [3.63, 3.8) is 0 Å². The lowest BCUT2D eigenvalue weighted by Crippen LogP contribution is -2.50. The molecular weight excluding hydrogens is 302 g/mol. The molecule has 2 atom stereocenters. The number of halogens is 2. The highest BCUT2D eigenvalue weighted by atomic mass is 19.3. The van der Waals surface area contributed by atoms with E-state index in [1.54, 1.807) is 24.3 Å². The van der Waals surface area contributed by atoms with Crippen molar-refractivity contribution in [3.8, 4) is 0 Å². The first-order valence-corrected chi connectivity index (χ1v) is 8.15. The van der Waals surface area contributed by atoms with Crippen LogP contribution in [0.1, 0.15) is 50.0 Å². The van der Waals surface area contributed by atoms with Crippen LogP contribution in [-0.2, 0) is 4.79 Å². The first-order chi connectivity index (χ1) is 11.0. The topological polar surface area (TPSA) is 49.3 Å². The molecule has 2 fully saturated rings. The molecule has 3 heterocycles. The van der Waals surface area contributed by atoms with Crippen LogP contribution in [0.3, 0.4) is 0 Å². The van der Waals surface area contributed by atoms with Gasteiger partial charge in [-0.05, 0) is 32.6 Å². The van der Waals surface area contributed by atoms with Gasteiger partial charge in [0.05, 0.1) is 23.6 Å². The Balaban J connectivity index is 1.97.